The van der Waals surface area contributed by atoms with E-state index in [1.807, 2.05) is 0 Å². The van der Waals surface area contributed by atoms with Gasteiger partial charge in [-0.05, 0) is 82.2 Å². The molecule has 2 bridgehead atoms. The van der Waals surface area contributed by atoms with Crippen LogP contribution in [-0.4, -0.2) is 50.1 Å². The van der Waals surface area contributed by atoms with E-state index in [4.69, 9.17) is 19.5 Å². The summed E-state index contributed by atoms with van der Waals surface area (Å²) in [4.78, 5) is 8.95. The SMILES string of the molecule is COc1ccc([C@@]23CC/C(=N/OC45CCC=C(CC(C)C4)C5)C[C@@H]2N(C)CC3)cc1OC. The second-order valence-corrected chi connectivity index (χ2v) is 10.7. The Morgan fingerprint density at radius 3 is 2.72 bits per heavy atom. The van der Waals surface area contributed by atoms with Crippen LogP contribution >= 0.6 is 0 Å². The summed E-state index contributed by atoms with van der Waals surface area (Å²) in [7, 11) is 5.68. The van der Waals surface area contributed by atoms with Crippen molar-refractivity contribution in [2.24, 2.45) is 11.1 Å². The molecule has 2 unspecified atom stereocenters. The third-order valence-electron chi connectivity index (χ3n) is 8.61. The number of benzene rings is 1. The van der Waals surface area contributed by atoms with E-state index in [0.29, 0.717) is 12.0 Å². The van der Waals surface area contributed by atoms with Crippen LogP contribution in [0.15, 0.2) is 35.0 Å². The molecule has 0 radical (unpaired) electrons. The Kier molecular flexibility index (Phi) is 5.73. The highest BCUT2D eigenvalue weighted by molar-refractivity contribution is 5.86. The van der Waals surface area contributed by atoms with Crippen molar-refractivity contribution in [3.8, 4) is 11.5 Å². The van der Waals surface area contributed by atoms with Crippen LogP contribution in [0.4, 0.5) is 0 Å². The van der Waals surface area contributed by atoms with Crippen LogP contribution in [0.2, 0.25) is 0 Å². The Balaban J connectivity index is 1.36. The number of oxime groups is 1. The summed E-state index contributed by atoms with van der Waals surface area (Å²) >= 11 is 0. The van der Waals surface area contributed by atoms with Gasteiger partial charge in [-0.15, -0.1) is 0 Å². The Morgan fingerprint density at radius 2 is 1.91 bits per heavy atom. The molecule has 4 aliphatic rings. The van der Waals surface area contributed by atoms with Crippen molar-refractivity contribution in [3.63, 3.8) is 0 Å². The molecule has 5 nitrogen and oxygen atoms in total. The van der Waals surface area contributed by atoms with E-state index >= 15 is 0 Å². The first-order chi connectivity index (χ1) is 15.5. The van der Waals surface area contributed by atoms with E-state index < -0.39 is 0 Å². The van der Waals surface area contributed by atoms with E-state index in [1.165, 1.54) is 24.1 Å². The monoisotopic (exact) mass is 438 g/mol. The quantitative estimate of drug-likeness (QED) is 0.451. The summed E-state index contributed by atoms with van der Waals surface area (Å²) < 4.78 is 11.1. The van der Waals surface area contributed by atoms with E-state index in [-0.39, 0.29) is 11.0 Å². The number of hydrogen-bond donors (Lipinski definition) is 0. The lowest BCUT2D eigenvalue weighted by Crippen LogP contribution is -2.46. The molecule has 3 aliphatic carbocycles. The molecule has 1 aliphatic heterocycles. The molecule has 5 heteroatoms. The molecule has 1 aromatic carbocycles. The molecule has 174 valence electrons. The van der Waals surface area contributed by atoms with Crippen LogP contribution in [0.1, 0.15) is 70.3 Å². The fourth-order valence-electron chi connectivity index (χ4n) is 7.04. The number of methoxy groups -OCH3 is 2. The van der Waals surface area contributed by atoms with Crippen LogP contribution in [0.5, 0.6) is 11.5 Å². The Labute approximate surface area is 192 Å². The molecule has 1 aromatic rings. The maximum atomic E-state index is 6.43. The van der Waals surface area contributed by atoms with Gasteiger partial charge in [-0.2, -0.15) is 0 Å². The summed E-state index contributed by atoms with van der Waals surface area (Å²) in [5.74, 6) is 2.31. The molecular formula is C27H38N2O3. The molecule has 5 rings (SSSR count). The van der Waals surface area contributed by atoms with Crippen molar-refractivity contribution >= 4 is 5.71 Å². The van der Waals surface area contributed by atoms with E-state index in [1.54, 1.807) is 19.8 Å². The van der Waals surface area contributed by atoms with Gasteiger partial charge < -0.3 is 19.2 Å². The van der Waals surface area contributed by atoms with Gasteiger partial charge in [0.1, 0.15) is 5.60 Å². The zero-order valence-electron chi connectivity index (χ0n) is 20.2. The zero-order chi connectivity index (χ0) is 22.3. The van der Waals surface area contributed by atoms with Gasteiger partial charge in [0.2, 0.25) is 0 Å². The van der Waals surface area contributed by atoms with Crippen molar-refractivity contribution in [2.45, 2.75) is 81.8 Å². The van der Waals surface area contributed by atoms with Crippen molar-refractivity contribution in [3.05, 3.63) is 35.4 Å². The van der Waals surface area contributed by atoms with Gasteiger partial charge >= 0.3 is 0 Å². The van der Waals surface area contributed by atoms with Gasteiger partial charge in [0, 0.05) is 24.3 Å². The highest BCUT2D eigenvalue weighted by Gasteiger charge is 2.50. The first-order valence-corrected chi connectivity index (χ1v) is 12.3. The molecule has 0 spiro atoms. The first kappa shape index (κ1) is 21.8. The fourth-order valence-corrected chi connectivity index (χ4v) is 7.04. The topological polar surface area (TPSA) is 43.3 Å². The maximum absolute atomic E-state index is 6.43. The molecule has 2 saturated carbocycles. The van der Waals surface area contributed by atoms with Crippen molar-refractivity contribution in [1.29, 1.82) is 0 Å². The lowest BCUT2D eigenvalue weighted by atomic mass is 9.65. The van der Waals surface area contributed by atoms with Crippen molar-refractivity contribution in [2.75, 3.05) is 27.8 Å². The summed E-state index contributed by atoms with van der Waals surface area (Å²) in [5.41, 5.74) is 4.27. The van der Waals surface area contributed by atoms with E-state index in [9.17, 15) is 0 Å². The summed E-state index contributed by atoms with van der Waals surface area (Å²) in [6.45, 7) is 3.47. The Morgan fingerprint density at radius 1 is 1.06 bits per heavy atom. The molecule has 3 fully saturated rings. The number of fused-ring (bicyclic) bond motifs is 3. The number of allylic oxidation sites excluding steroid dienone is 1. The molecule has 1 saturated heterocycles. The van der Waals surface area contributed by atoms with Gasteiger partial charge in [0.15, 0.2) is 11.5 Å². The molecule has 4 atom stereocenters. The fraction of sp³-hybridized carbons (Fsp3) is 0.667. The minimum absolute atomic E-state index is 0.0613. The number of nitrogens with zero attached hydrogens (tertiary/aromatic N) is 2. The van der Waals surface area contributed by atoms with Gasteiger partial charge in [-0.3, -0.25) is 0 Å². The third kappa shape index (κ3) is 3.72. The van der Waals surface area contributed by atoms with Crippen LogP contribution in [0.25, 0.3) is 0 Å². The summed E-state index contributed by atoms with van der Waals surface area (Å²) in [5, 5.41) is 4.85. The van der Waals surface area contributed by atoms with E-state index in [0.717, 1.165) is 63.0 Å². The average Bonchev–Trinajstić information content (AvgIpc) is 3.14. The molecule has 0 N–H and O–H groups in total. The smallest absolute Gasteiger partial charge is 0.161 e. The third-order valence-corrected chi connectivity index (χ3v) is 8.61. The number of rotatable bonds is 5. The van der Waals surface area contributed by atoms with Gasteiger partial charge in [0.25, 0.3) is 0 Å². The number of likely N-dealkylation sites (N-methyl/N-ethyl adjacent to an activating group) is 1. The second-order valence-electron chi connectivity index (χ2n) is 10.7. The molecule has 1 heterocycles. The molecule has 32 heavy (non-hydrogen) atoms. The number of ether oxygens (including phenoxy) is 2. The van der Waals surface area contributed by atoms with Crippen LogP contribution in [0, 0.1) is 5.92 Å². The minimum Gasteiger partial charge on any atom is -0.493 e. The van der Waals surface area contributed by atoms with Crippen LogP contribution in [-0.2, 0) is 10.3 Å². The van der Waals surface area contributed by atoms with E-state index in [2.05, 4.69) is 43.1 Å². The predicted molar refractivity (Wildman–Crippen MR) is 128 cm³/mol. The predicted octanol–water partition coefficient (Wildman–Crippen LogP) is 5.48. The highest BCUT2D eigenvalue weighted by atomic mass is 16.6. The highest BCUT2D eigenvalue weighted by Crippen LogP contribution is 2.50. The normalized spacial score (nSPS) is 35.9. The van der Waals surface area contributed by atoms with Crippen molar-refractivity contribution < 1.29 is 14.3 Å². The van der Waals surface area contributed by atoms with Crippen molar-refractivity contribution in [1.82, 2.24) is 4.90 Å². The number of likely N-dealkylation sites (tertiary alicyclic amines) is 1. The average molecular weight is 439 g/mol. The zero-order valence-corrected chi connectivity index (χ0v) is 20.2. The van der Waals surface area contributed by atoms with Gasteiger partial charge in [-0.1, -0.05) is 29.8 Å². The van der Waals surface area contributed by atoms with Crippen LogP contribution < -0.4 is 9.47 Å². The molecule has 0 amide bonds. The second kappa shape index (κ2) is 8.40. The first-order valence-electron chi connectivity index (χ1n) is 12.3. The summed E-state index contributed by atoms with van der Waals surface area (Å²) in [6.07, 6.45) is 12.4. The summed E-state index contributed by atoms with van der Waals surface area (Å²) in [6, 6.07) is 6.94. The number of hydrogen-bond acceptors (Lipinski definition) is 5. The largest absolute Gasteiger partial charge is 0.493 e. The van der Waals surface area contributed by atoms with Gasteiger partial charge in [0.05, 0.1) is 19.9 Å². The molecule has 0 aromatic heterocycles. The molecular weight excluding hydrogens is 400 g/mol. The Bertz CT molecular complexity index is 925. The maximum Gasteiger partial charge on any atom is 0.161 e. The lowest BCUT2D eigenvalue weighted by molar-refractivity contribution is -0.0775. The Hall–Kier alpha value is -2.01. The standard InChI is InChI=1S/C27H38N2O3/c1-19-14-20-6-5-10-26(17-19,18-20)32-28-22-9-11-27(12-13-29(2)25(27)16-22)21-7-8-23(30-3)24(15-21)31-4/h6-8,15,19,25H,5,9-14,16-18H2,1-4H3/b28-22-/t19?,25-,26?,27-/m0/s1. The van der Waals surface area contributed by atoms with Gasteiger partial charge in [-0.25, -0.2) is 0 Å². The lowest BCUT2D eigenvalue weighted by Gasteiger charge is -2.43. The van der Waals surface area contributed by atoms with Crippen LogP contribution in [0.3, 0.4) is 0 Å². The minimum atomic E-state index is -0.0613.